The third kappa shape index (κ3) is 2.76. The lowest BCUT2D eigenvalue weighted by Crippen LogP contribution is -2.40. The molecule has 0 unspecified atom stereocenters. The van der Waals surface area contributed by atoms with Crippen molar-refractivity contribution in [2.24, 2.45) is 5.92 Å². The summed E-state index contributed by atoms with van der Waals surface area (Å²) in [4.78, 5) is 17.3. The second-order valence-corrected chi connectivity index (χ2v) is 7.04. The maximum absolute atomic E-state index is 13.3. The number of carbonyl (C=O) groups is 1. The van der Waals surface area contributed by atoms with E-state index in [1.807, 2.05) is 6.07 Å². The minimum atomic E-state index is -0.263. The van der Waals surface area contributed by atoms with E-state index in [4.69, 9.17) is 0 Å². The van der Waals surface area contributed by atoms with E-state index >= 15 is 0 Å². The van der Waals surface area contributed by atoms with Gasteiger partial charge in [0.05, 0.1) is 6.42 Å². The minimum absolute atomic E-state index is 0.159. The van der Waals surface area contributed by atoms with Gasteiger partial charge in [-0.05, 0) is 49.3 Å². The van der Waals surface area contributed by atoms with Gasteiger partial charge in [0.2, 0.25) is 5.91 Å². The van der Waals surface area contributed by atoms with E-state index in [9.17, 15) is 9.18 Å². The fraction of sp³-hybridized carbons (Fsp3) is 0.611. The standard InChI is InChI=1S/C18H23FN2O/c19-15-3-1-2-14(10-15)11-18(22)21-9-7-16-17(21)6-8-20(16)12-13-4-5-13/h1-3,10,13,16-17H,4-9,11-12H2/t16-,17+/m0/s1. The predicted molar refractivity (Wildman–Crippen MR) is 82.9 cm³/mol. The Balaban J connectivity index is 1.39. The van der Waals surface area contributed by atoms with E-state index in [0.717, 1.165) is 37.4 Å². The summed E-state index contributed by atoms with van der Waals surface area (Å²) in [5.74, 6) is 0.809. The van der Waals surface area contributed by atoms with Crippen molar-refractivity contribution in [3.8, 4) is 0 Å². The van der Waals surface area contributed by atoms with Crippen LogP contribution in [0.4, 0.5) is 4.39 Å². The number of hydrogen-bond donors (Lipinski definition) is 0. The molecule has 4 heteroatoms. The van der Waals surface area contributed by atoms with E-state index in [-0.39, 0.29) is 11.7 Å². The molecule has 2 saturated heterocycles. The van der Waals surface area contributed by atoms with E-state index in [1.165, 1.54) is 31.5 Å². The Morgan fingerprint density at radius 2 is 1.95 bits per heavy atom. The van der Waals surface area contributed by atoms with Gasteiger partial charge in [-0.1, -0.05) is 12.1 Å². The first-order valence-corrected chi connectivity index (χ1v) is 8.48. The maximum Gasteiger partial charge on any atom is 0.227 e. The summed E-state index contributed by atoms with van der Waals surface area (Å²) in [5.41, 5.74) is 0.779. The number of nitrogens with zero attached hydrogens (tertiary/aromatic N) is 2. The number of benzene rings is 1. The van der Waals surface area contributed by atoms with Crippen LogP contribution in [0.2, 0.25) is 0 Å². The maximum atomic E-state index is 13.3. The van der Waals surface area contributed by atoms with Gasteiger partial charge < -0.3 is 4.90 Å². The zero-order valence-electron chi connectivity index (χ0n) is 12.9. The molecule has 1 amide bonds. The van der Waals surface area contributed by atoms with Crippen molar-refractivity contribution < 1.29 is 9.18 Å². The Hall–Kier alpha value is -1.42. The Morgan fingerprint density at radius 1 is 1.14 bits per heavy atom. The summed E-state index contributed by atoms with van der Waals surface area (Å²) in [6.07, 6.45) is 5.30. The average Bonchev–Trinajstić information content (AvgIpc) is 3.06. The van der Waals surface area contributed by atoms with Gasteiger partial charge in [-0.25, -0.2) is 4.39 Å². The molecule has 3 aliphatic rings. The quantitative estimate of drug-likeness (QED) is 0.853. The Labute approximate surface area is 131 Å². The number of carbonyl (C=O) groups excluding carboxylic acids is 1. The monoisotopic (exact) mass is 302 g/mol. The van der Waals surface area contributed by atoms with Crippen molar-refractivity contribution in [1.29, 1.82) is 0 Å². The summed E-state index contributed by atoms with van der Waals surface area (Å²) >= 11 is 0. The molecule has 1 aromatic carbocycles. The molecule has 0 spiro atoms. The summed E-state index contributed by atoms with van der Waals surface area (Å²) in [6.45, 7) is 3.23. The van der Waals surface area contributed by atoms with Crippen LogP contribution in [-0.4, -0.2) is 47.4 Å². The van der Waals surface area contributed by atoms with Crippen molar-refractivity contribution in [2.75, 3.05) is 19.6 Å². The zero-order valence-corrected chi connectivity index (χ0v) is 12.9. The lowest BCUT2D eigenvalue weighted by molar-refractivity contribution is -0.131. The predicted octanol–water partition coefficient (Wildman–Crippen LogP) is 2.45. The molecular weight excluding hydrogens is 279 g/mol. The van der Waals surface area contributed by atoms with E-state index in [0.29, 0.717) is 18.5 Å². The summed E-state index contributed by atoms with van der Waals surface area (Å²) in [7, 11) is 0. The van der Waals surface area contributed by atoms with E-state index < -0.39 is 0 Å². The van der Waals surface area contributed by atoms with Crippen LogP contribution in [0.25, 0.3) is 0 Å². The molecule has 4 rings (SSSR count). The fourth-order valence-corrected chi connectivity index (χ4v) is 4.17. The van der Waals surface area contributed by atoms with Crippen LogP contribution in [-0.2, 0) is 11.2 Å². The first kappa shape index (κ1) is 14.2. The van der Waals surface area contributed by atoms with Crippen molar-refractivity contribution in [3.05, 3.63) is 35.6 Å². The molecule has 0 radical (unpaired) electrons. The first-order chi connectivity index (χ1) is 10.7. The number of rotatable bonds is 4. The summed E-state index contributed by atoms with van der Waals surface area (Å²) in [6, 6.07) is 7.36. The highest BCUT2D eigenvalue weighted by molar-refractivity contribution is 5.79. The van der Waals surface area contributed by atoms with Crippen molar-refractivity contribution in [1.82, 2.24) is 9.80 Å². The van der Waals surface area contributed by atoms with Crippen LogP contribution in [0.15, 0.2) is 24.3 Å². The van der Waals surface area contributed by atoms with Crippen molar-refractivity contribution >= 4 is 5.91 Å². The highest BCUT2D eigenvalue weighted by Gasteiger charge is 2.45. The third-order valence-electron chi connectivity index (χ3n) is 5.45. The number of fused-ring (bicyclic) bond motifs is 1. The Bertz CT molecular complexity index is 572. The molecular formula is C18H23FN2O. The minimum Gasteiger partial charge on any atom is -0.338 e. The molecule has 1 saturated carbocycles. The largest absolute Gasteiger partial charge is 0.338 e. The fourth-order valence-electron chi connectivity index (χ4n) is 4.17. The van der Waals surface area contributed by atoms with Crippen LogP contribution in [0.5, 0.6) is 0 Å². The number of amides is 1. The van der Waals surface area contributed by atoms with Gasteiger partial charge in [0.15, 0.2) is 0 Å². The molecule has 0 aromatic heterocycles. The Morgan fingerprint density at radius 3 is 2.73 bits per heavy atom. The van der Waals surface area contributed by atoms with Gasteiger partial charge in [0, 0.05) is 31.7 Å². The van der Waals surface area contributed by atoms with Crippen LogP contribution < -0.4 is 0 Å². The zero-order chi connectivity index (χ0) is 15.1. The molecule has 3 fully saturated rings. The molecule has 0 bridgehead atoms. The summed E-state index contributed by atoms with van der Waals surface area (Å²) in [5, 5.41) is 0. The number of likely N-dealkylation sites (tertiary alicyclic amines) is 2. The lowest BCUT2D eigenvalue weighted by atomic mass is 10.1. The molecule has 1 aliphatic carbocycles. The second kappa shape index (κ2) is 5.65. The highest BCUT2D eigenvalue weighted by Crippen LogP contribution is 2.36. The van der Waals surface area contributed by atoms with Gasteiger partial charge in [-0.15, -0.1) is 0 Å². The Kier molecular flexibility index (Phi) is 3.65. The van der Waals surface area contributed by atoms with Gasteiger partial charge in [0.1, 0.15) is 5.82 Å². The summed E-state index contributed by atoms with van der Waals surface area (Å²) < 4.78 is 13.3. The van der Waals surface area contributed by atoms with Crippen LogP contribution >= 0.6 is 0 Å². The van der Waals surface area contributed by atoms with Gasteiger partial charge >= 0.3 is 0 Å². The second-order valence-electron chi connectivity index (χ2n) is 7.04. The highest BCUT2D eigenvalue weighted by atomic mass is 19.1. The van der Waals surface area contributed by atoms with Crippen LogP contribution in [0, 0.1) is 11.7 Å². The molecule has 2 atom stereocenters. The first-order valence-electron chi connectivity index (χ1n) is 8.48. The van der Waals surface area contributed by atoms with Crippen molar-refractivity contribution in [2.45, 2.75) is 44.2 Å². The van der Waals surface area contributed by atoms with E-state index in [2.05, 4.69) is 9.80 Å². The van der Waals surface area contributed by atoms with Crippen LogP contribution in [0.1, 0.15) is 31.2 Å². The molecule has 0 N–H and O–H groups in total. The normalized spacial score (nSPS) is 28.1. The van der Waals surface area contributed by atoms with Gasteiger partial charge in [-0.3, -0.25) is 9.69 Å². The number of hydrogen-bond acceptors (Lipinski definition) is 2. The molecule has 118 valence electrons. The van der Waals surface area contributed by atoms with Gasteiger partial charge in [0.25, 0.3) is 0 Å². The number of halogens is 1. The molecule has 3 nitrogen and oxygen atoms in total. The van der Waals surface area contributed by atoms with Crippen molar-refractivity contribution in [3.63, 3.8) is 0 Å². The SMILES string of the molecule is O=C(Cc1cccc(F)c1)N1CC[C@H]2[C@H]1CCN2CC1CC1. The van der Waals surface area contributed by atoms with Gasteiger partial charge in [-0.2, -0.15) is 0 Å². The van der Waals surface area contributed by atoms with E-state index in [1.54, 1.807) is 6.07 Å². The molecule has 2 heterocycles. The average molecular weight is 302 g/mol. The lowest BCUT2D eigenvalue weighted by Gasteiger charge is -2.25. The van der Waals surface area contributed by atoms with Crippen LogP contribution in [0.3, 0.4) is 0 Å². The molecule has 1 aromatic rings. The molecule has 22 heavy (non-hydrogen) atoms. The topological polar surface area (TPSA) is 23.6 Å². The smallest absolute Gasteiger partial charge is 0.227 e. The molecule has 2 aliphatic heterocycles. The third-order valence-corrected chi connectivity index (χ3v) is 5.45.